The molecule has 24 heavy (non-hydrogen) atoms. The number of morpholine rings is 1. The van der Waals surface area contributed by atoms with E-state index in [0.717, 1.165) is 37.6 Å². The molecule has 0 aromatic heterocycles. The summed E-state index contributed by atoms with van der Waals surface area (Å²) in [7, 11) is 0. The molecule has 0 unspecified atom stereocenters. The van der Waals surface area contributed by atoms with Gasteiger partial charge in [-0.15, -0.1) is 0 Å². The van der Waals surface area contributed by atoms with Crippen LogP contribution >= 0.6 is 12.2 Å². The van der Waals surface area contributed by atoms with Crippen molar-refractivity contribution < 1.29 is 4.74 Å². The van der Waals surface area contributed by atoms with Crippen LogP contribution in [0.25, 0.3) is 0 Å². The maximum Gasteiger partial charge on any atom is 0.191 e. The normalized spacial score (nSPS) is 14.6. The number of hydrogen-bond acceptors (Lipinski definition) is 4. The zero-order chi connectivity index (χ0) is 16.6. The van der Waals surface area contributed by atoms with Gasteiger partial charge in [0.25, 0.3) is 0 Å². The highest BCUT2D eigenvalue weighted by atomic mass is 32.1. The molecule has 5 nitrogen and oxygen atoms in total. The van der Waals surface area contributed by atoms with Gasteiger partial charge in [0.05, 0.1) is 19.4 Å². The summed E-state index contributed by atoms with van der Waals surface area (Å²) in [6.07, 6.45) is 1.75. The van der Waals surface area contributed by atoms with Crippen LogP contribution in [0, 0.1) is 0 Å². The van der Waals surface area contributed by atoms with Gasteiger partial charge in [0.1, 0.15) is 0 Å². The molecule has 2 aromatic rings. The lowest BCUT2D eigenvalue weighted by atomic mass is 10.2. The zero-order valence-electron chi connectivity index (χ0n) is 13.3. The van der Waals surface area contributed by atoms with Crippen molar-refractivity contribution in [3.8, 4) is 0 Å². The third kappa shape index (κ3) is 4.78. The van der Waals surface area contributed by atoms with E-state index in [4.69, 9.17) is 17.0 Å². The molecule has 0 amide bonds. The summed E-state index contributed by atoms with van der Waals surface area (Å²) < 4.78 is 5.37. The van der Waals surface area contributed by atoms with Crippen molar-refractivity contribution in [3.63, 3.8) is 0 Å². The first-order chi connectivity index (χ1) is 11.8. The van der Waals surface area contributed by atoms with E-state index >= 15 is 0 Å². The van der Waals surface area contributed by atoms with Gasteiger partial charge in [-0.05, 0) is 42.0 Å². The third-order valence-corrected chi connectivity index (χ3v) is 3.87. The minimum Gasteiger partial charge on any atom is -0.378 e. The lowest BCUT2D eigenvalue weighted by molar-refractivity contribution is 0.122. The first kappa shape index (κ1) is 16.4. The van der Waals surface area contributed by atoms with Gasteiger partial charge in [0.15, 0.2) is 5.11 Å². The zero-order valence-corrected chi connectivity index (χ0v) is 14.1. The monoisotopic (exact) mass is 340 g/mol. The molecule has 1 aliphatic heterocycles. The predicted octanol–water partition coefficient (Wildman–Crippen LogP) is 2.84. The summed E-state index contributed by atoms with van der Waals surface area (Å²) in [5.74, 6) is 0. The van der Waals surface area contributed by atoms with Gasteiger partial charge in [-0.1, -0.05) is 30.3 Å². The summed E-state index contributed by atoms with van der Waals surface area (Å²) in [6.45, 7) is 3.46. The van der Waals surface area contributed by atoms with E-state index in [9.17, 15) is 0 Å². The average molecular weight is 340 g/mol. The van der Waals surface area contributed by atoms with Gasteiger partial charge < -0.3 is 15.0 Å². The van der Waals surface area contributed by atoms with E-state index in [0.29, 0.717) is 5.11 Å². The molecule has 1 fully saturated rings. The van der Waals surface area contributed by atoms with Crippen molar-refractivity contribution >= 4 is 34.9 Å². The SMILES string of the molecule is S=C(N/N=C/c1ccc(N2CCOCC2)cc1)Nc1ccccc1. The highest BCUT2D eigenvalue weighted by Crippen LogP contribution is 2.15. The minimum atomic E-state index is 0.461. The second-order valence-corrected chi connectivity index (χ2v) is 5.79. The van der Waals surface area contributed by atoms with Crippen LogP contribution in [0.5, 0.6) is 0 Å². The van der Waals surface area contributed by atoms with Crippen LogP contribution in [0.4, 0.5) is 11.4 Å². The number of para-hydroxylation sites is 1. The quantitative estimate of drug-likeness (QED) is 0.509. The van der Waals surface area contributed by atoms with Crippen LogP contribution in [0.3, 0.4) is 0 Å². The Hall–Kier alpha value is -2.44. The summed E-state index contributed by atoms with van der Waals surface area (Å²) in [5, 5.41) is 7.70. The topological polar surface area (TPSA) is 48.9 Å². The van der Waals surface area contributed by atoms with Gasteiger partial charge in [0.2, 0.25) is 0 Å². The standard InChI is InChI=1S/C18H20N4OS/c24-18(20-16-4-2-1-3-5-16)21-19-14-15-6-8-17(9-7-15)22-10-12-23-13-11-22/h1-9,14H,10-13H2,(H2,20,21,24)/b19-14+. The number of anilines is 2. The first-order valence-corrected chi connectivity index (χ1v) is 8.30. The second kappa shape index (κ2) is 8.42. The molecular weight excluding hydrogens is 320 g/mol. The average Bonchev–Trinajstić information content (AvgIpc) is 2.64. The maximum absolute atomic E-state index is 5.37. The Bertz CT molecular complexity index is 682. The van der Waals surface area contributed by atoms with Gasteiger partial charge in [-0.3, -0.25) is 5.43 Å². The molecule has 3 rings (SSSR count). The number of nitrogens with one attached hydrogen (secondary N) is 2. The van der Waals surface area contributed by atoms with Gasteiger partial charge in [-0.2, -0.15) is 5.10 Å². The first-order valence-electron chi connectivity index (χ1n) is 7.89. The number of nitrogens with zero attached hydrogens (tertiary/aromatic N) is 2. The third-order valence-electron chi connectivity index (χ3n) is 3.68. The molecule has 1 saturated heterocycles. The molecule has 2 aromatic carbocycles. The minimum absolute atomic E-state index is 0.461. The van der Waals surface area contributed by atoms with E-state index in [1.54, 1.807) is 6.21 Å². The van der Waals surface area contributed by atoms with Crippen molar-refractivity contribution in [1.82, 2.24) is 5.43 Å². The fraction of sp³-hybridized carbons (Fsp3) is 0.222. The van der Waals surface area contributed by atoms with Crippen LogP contribution < -0.4 is 15.6 Å². The highest BCUT2D eigenvalue weighted by Gasteiger charge is 2.10. The van der Waals surface area contributed by atoms with Crippen LogP contribution in [0.1, 0.15) is 5.56 Å². The number of rotatable bonds is 4. The van der Waals surface area contributed by atoms with Gasteiger partial charge in [0, 0.05) is 24.5 Å². The molecule has 2 N–H and O–H groups in total. The van der Waals surface area contributed by atoms with Crippen LogP contribution in [0.15, 0.2) is 59.7 Å². The van der Waals surface area contributed by atoms with E-state index in [-0.39, 0.29) is 0 Å². The van der Waals surface area contributed by atoms with Crippen LogP contribution in [-0.4, -0.2) is 37.6 Å². The van der Waals surface area contributed by atoms with E-state index in [1.807, 2.05) is 42.5 Å². The molecule has 0 atom stereocenters. The molecule has 1 heterocycles. The summed E-state index contributed by atoms with van der Waals surface area (Å²) in [6, 6.07) is 18.0. The number of hydrazone groups is 1. The second-order valence-electron chi connectivity index (χ2n) is 5.38. The predicted molar refractivity (Wildman–Crippen MR) is 103 cm³/mol. The molecule has 124 valence electrons. The van der Waals surface area contributed by atoms with Gasteiger partial charge in [-0.25, -0.2) is 0 Å². The Morgan fingerprint density at radius 1 is 1.04 bits per heavy atom. The Balaban J connectivity index is 1.50. The highest BCUT2D eigenvalue weighted by molar-refractivity contribution is 7.80. The van der Waals surface area contributed by atoms with Crippen molar-refractivity contribution in [2.75, 3.05) is 36.5 Å². The van der Waals surface area contributed by atoms with Crippen molar-refractivity contribution in [3.05, 3.63) is 60.2 Å². The summed E-state index contributed by atoms with van der Waals surface area (Å²) >= 11 is 5.20. The maximum atomic E-state index is 5.37. The van der Waals surface area contributed by atoms with Crippen molar-refractivity contribution in [2.24, 2.45) is 5.10 Å². The lowest BCUT2D eigenvalue weighted by Gasteiger charge is -2.28. The molecule has 6 heteroatoms. The number of ether oxygens (including phenoxy) is 1. The molecule has 1 aliphatic rings. The molecule has 0 aliphatic carbocycles. The fourth-order valence-electron chi connectivity index (χ4n) is 2.44. The van der Waals surface area contributed by atoms with E-state index in [2.05, 4.69) is 32.9 Å². The Kier molecular flexibility index (Phi) is 5.76. The molecule has 0 radical (unpaired) electrons. The smallest absolute Gasteiger partial charge is 0.191 e. The molecule has 0 saturated carbocycles. The van der Waals surface area contributed by atoms with E-state index in [1.165, 1.54) is 5.69 Å². The summed E-state index contributed by atoms with van der Waals surface area (Å²) in [4.78, 5) is 2.32. The molecule has 0 spiro atoms. The van der Waals surface area contributed by atoms with Crippen molar-refractivity contribution in [1.29, 1.82) is 0 Å². The van der Waals surface area contributed by atoms with Gasteiger partial charge >= 0.3 is 0 Å². The van der Waals surface area contributed by atoms with E-state index < -0.39 is 0 Å². The molecule has 0 bridgehead atoms. The number of benzene rings is 2. The lowest BCUT2D eigenvalue weighted by Crippen LogP contribution is -2.36. The number of thiocarbonyl (C=S) groups is 1. The number of hydrogen-bond donors (Lipinski definition) is 2. The van der Waals surface area contributed by atoms with Crippen LogP contribution in [0.2, 0.25) is 0 Å². The molecular formula is C18H20N4OS. The van der Waals surface area contributed by atoms with Crippen molar-refractivity contribution in [2.45, 2.75) is 0 Å². The Labute approximate surface area is 147 Å². The fourth-order valence-corrected chi connectivity index (χ4v) is 2.61. The summed E-state index contributed by atoms with van der Waals surface area (Å²) in [5.41, 5.74) is 5.98. The van der Waals surface area contributed by atoms with Crippen LogP contribution in [-0.2, 0) is 4.74 Å². The largest absolute Gasteiger partial charge is 0.378 e. The Morgan fingerprint density at radius 3 is 2.46 bits per heavy atom. The Morgan fingerprint density at radius 2 is 1.75 bits per heavy atom.